The molecule has 26 heavy (non-hydrogen) atoms. The van der Waals surface area contributed by atoms with Gasteiger partial charge in [-0.3, -0.25) is 4.79 Å². The lowest BCUT2D eigenvalue weighted by Gasteiger charge is -2.42. The van der Waals surface area contributed by atoms with Gasteiger partial charge in [-0.15, -0.1) is 12.4 Å². The smallest absolute Gasteiger partial charge is 0.257 e. The van der Waals surface area contributed by atoms with E-state index in [2.05, 4.69) is 18.9 Å². The Labute approximate surface area is 165 Å². The Bertz CT molecular complexity index is 788. The molecule has 2 heterocycles. The molecule has 5 nitrogen and oxygen atoms in total. The van der Waals surface area contributed by atoms with Gasteiger partial charge < -0.3 is 10.6 Å². The van der Waals surface area contributed by atoms with Gasteiger partial charge in [0.15, 0.2) is 0 Å². The largest absolute Gasteiger partial charge is 0.338 e. The lowest BCUT2D eigenvalue weighted by molar-refractivity contribution is 0.0532. The molecule has 2 aromatic rings. The molecular weight excluding hydrogens is 371 g/mol. The van der Waals surface area contributed by atoms with Crippen molar-refractivity contribution in [3.8, 4) is 5.69 Å². The first-order valence-corrected chi connectivity index (χ1v) is 9.09. The minimum atomic E-state index is -0.0801. The van der Waals surface area contributed by atoms with E-state index in [-0.39, 0.29) is 29.8 Å². The van der Waals surface area contributed by atoms with Crippen LogP contribution in [0.1, 0.15) is 43.2 Å². The standard InChI is InChI=1S/C19H25ClN4O.ClH/c1-4-16-15(11-22-24(16)14-7-5-6-13(20)10-14)18(25)23-9-8-17(21)19(2,3)12-23;/h5-7,10-11,17H,4,8-9,12,21H2,1-3H3;1H. The number of rotatable bonds is 3. The number of hydrogen-bond acceptors (Lipinski definition) is 3. The molecule has 0 bridgehead atoms. The molecule has 1 fully saturated rings. The van der Waals surface area contributed by atoms with E-state index in [0.29, 0.717) is 30.1 Å². The predicted octanol–water partition coefficient (Wildman–Crippen LogP) is 3.71. The first-order chi connectivity index (χ1) is 11.8. The van der Waals surface area contributed by atoms with Crippen LogP contribution in [0.4, 0.5) is 0 Å². The second-order valence-corrected chi connectivity index (χ2v) is 7.80. The van der Waals surface area contributed by atoms with Crippen molar-refractivity contribution in [2.45, 2.75) is 39.7 Å². The van der Waals surface area contributed by atoms with Crippen molar-refractivity contribution in [2.75, 3.05) is 13.1 Å². The zero-order valence-corrected chi connectivity index (χ0v) is 17.0. The average molecular weight is 397 g/mol. The molecule has 1 aromatic heterocycles. The number of piperidine rings is 1. The normalized spacial score (nSPS) is 19.1. The third kappa shape index (κ3) is 3.90. The third-order valence-corrected chi connectivity index (χ3v) is 5.32. The van der Waals surface area contributed by atoms with Crippen LogP contribution in [0.5, 0.6) is 0 Å². The fourth-order valence-corrected chi connectivity index (χ4v) is 3.63. The highest BCUT2D eigenvalue weighted by atomic mass is 35.5. The molecule has 1 aliphatic rings. The number of benzene rings is 1. The summed E-state index contributed by atoms with van der Waals surface area (Å²) in [4.78, 5) is 15.0. The number of halogens is 2. The van der Waals surface area contributed by atoms with Gasteiger partial charge >= 0.3 is 0 Å². The van der Waals surface area contributed by atoms with Crippen molar-refractivity contribution in [3.05, 3.63) is 46.7 Å². The maximum Gasteiger partial charge on any atom is 0.257 e. The number of aromatic nitrogens is 2. The third-order valence-electron chi connectivity index (χ3n) is 5.09. The summed E-state index contributed by atoms with van der Waals surface area (Å²) in [5, 5.41) is 5.10. The van der Waals surface area contributed by atoms with E-state index in [0.717, 1.165) is 17.8 Å². The Morgan fingerprint density at radius 3 is 2.77 bits per heavy atom. The van der Waals surface area contributed by atoms with Gasteiger partial charge in [-0.25, -0.2) is 4.68 Å². The van der Waals surface area contributed by atoms with Gasteiger partial charge in [0.25, 0.3) is 5.91 Å². The number of carbonyl (C=O) groups is 1. The first-order valence-electron chi connectivity index (χ1n) is 8.71. The average Bonchev–Trinajstić information content (AvgIpc) is 3.00. The molecule has 1 saturated heterocycles. The maximum absolute atomic E-state index is 13.1. The minimum Gasteiger partial charge on any atom is -0.338 e. The van der Waals surface area contributed by atoms with E-state index in [1.165, 1.54) is 0 Å². The van der Waals surface area contributed by atoms with E-state index < -0.39 is 0 Å². The van der Waals surface area contributed by atoms with Crippen LogP contribution in [0.25, 0.3) is 5.69 Å². The number of amides is 1. The summed E-state index contributed by atoms with van der Waals surface area (Å²) in [6, 6.07) is 7.62. The lowest BCUT2D eigenvalue weighted by Crippen LogP contribution is -2.54. The van der Waals surface area contributed by atoms with Crippen molar-refractivity contribution < 1.29 is 4.79 Å². The molecule has 0 spiro atoms. The quantitative estimate of drug-likeness (QED) is 0.859. The van der Waals surface area contributed by atoms with E-state index in [1.807, 2.05) is 36.1 Å². The SMILES string of the molecule is CCc1c(C(=O)N2CCC(N)C(C)(C)C2)cnn1-c1cccc(Cl)c1.Cl. The molecule has 7 heteroatoms. The van der Waals surface area contributed by atoms with Crippen LogP contribution in [-0.2, 0) is 6.42 Å². The van der Waals surface area contributed by atoms with Crippen molar-refractivity contribution in [1.29, 1.82) is 0 Å². The van der Waals surface area contributed by atoms with E-state index in [1.54, 1.807) is 10.9 Å². The highest BCUT2D eigenvalue weighted by Gasteiger charge is 2.36. The van der Waals surface area contributed by atoms with Gasteiger partial charge in [0.05, 0.1) is 23.1 Å². The van der Waals surface area contributed by atoms with Gasteiger partial charge in [0, 0.05) is 24.2 Å². The van der Waals surface area contributed by atoms with Gasteiger partial charge in [0.2, 0.25) is 0 Å². The van der Waals surface area contributed by atoms with E-state index >= 15 is 0 Å². The molecule has 3 rings (SSSR count). The second kappa shape index (κ2) is 7.99. The van der Waals surface area contributed by atoms with Crippen LogP contribution in [-0.4, -0.2) is 39.7 Å². The summed E-state index contributed by atoms with van der Waals surface area (Å²) in [5.74, 6) is 0.0325. The summed E-state index contributed by atoms with van der Waals surface area (Å²) in [5.41, 5.74) is 8.55. The Balaban J connectivity index is 0.00000243. The monoisotopic (exact) mass is 396 g/mol. The molecule has 0 saturated carbocycles. The van der Waals surface area contributed by atoms with Gasteiger partial charge in [-0.1, -0.05) is 38.4 Å². The zero-order valence-electron chi connectivity index (χ0n) is 15.4. The Kier molecular flexibility index (Phi) is 6.37. The number of carbonyl (C=O) groups excluding carboxylic acids is 1. The zero-order chi connectivity index (χ0) is 18.2. The van der Waals surface area contributed by atoms with Crippen molar-refractivity contribution >= 4 is 29.9 Å². The van der Waals surface area contributed by atoms with Crippen molar-refractivity contribution in [3.63, 3.8) is 0 Å². The topological polar surface area (TPSA) is 64.2 Å². The molecule has 0 radical (unpaired) electrons. The summed E-state index contributed by atoms with van der Waals surface area (Å²) in [6.45, 7) is 7.62. The van der Waals surface area contributed by atoms with E-state index in [4.69, 9.17) is 17.3 Å². The van der Waals surface area contributed by atoms with Crippen LogP contribution < -0.4 is 5.73 Å². The number of likely N-dealkylation sites (tertiary alicyclic amines) is 1. The van der Waals surface area contributed by atoms with Gasteiger partial charge in [-0.05, 0) is 36.5 Å². The van der Waals surface area contributed by atoms with Crippen LogP contribution >= 0.6 is 24.0 Å². The summed E-state index contributed by atoms with van der Waals surface area (Å²) in [6.07, 6.45) is 3.20. The fraction of sp³-hybridized carbons (Fsp3) is 0.474. The van der Waals surface area contributed by atoms with Crippen LogP contribution in [0.2, 0.25) is 5.02 Å². The predicted molar refractivity (Wildman–Crippen MR) is 107 cm³/mol. The molecule has 2 N–H and O–H groups in total. The molecule has 1 atom stereocenters. The second-order valence-electron chi connectivity index (χ2n) is 7.36. The van der Waals surface area contributed by atoms with Crippen LogP contribution in [0, 0.1) is 5.41 Å². The molecule has 1 unspecified atom stereocenters. The molecular formula is C19H26Cl2N4O. The number of nitrogens with two attached hydrogens (primary N) is 1. The minimum absolute atomic E-state index is 0. The van der Waals surface area contributed by atoms with Crippen LogP contribution in [0.15, 0.2) is 30.5 Å². The summed E-state index contributed by atoms with van der Waals surface area (Å²) >= 11 is 6.10. The van der Waals surface area contributed by atoms with Crippen molar-refractivity contribution in [1.82, 2.24) is 14.7 Å². The highest BCUT2D eigenvalue weighted by Crippen LogP contribution is 2.29. The maximum atomic E-state index is 13.1. The molecule has 0 aliphatic carbocycles. The lowest BCUT2D eigenvalue weighted by atomic mass is 9.79. The Morgan fingerprint density at radius 1 is 1.42 bits per heavy atom. The number of nitrogens with zero attached hydrogens (tertiary/aromatic N) is 3. The molecule has 142 valence electrons. The van der Waals surface area contributed by atoms with E-state index in [9.17, 15) is 4.79 Å². The van der Waals surface area contributed by atoms with Crippen LogP contribution in [0.3, 0.4) is 0 Å². The van der Waals surface area contributed by atoms with Gasteiger partial charge in [-0.2, -0.15) is 5.10 Å². The Morgan fingerprint density at radius 2 is 2.15 bits per heavy atom. The highest BCUT2D eigenvalue weighted by molar-refractivity contribution is 6.30. The fourth-order valence-electron chi connectivity index (χ4n) is 3.44. The summed E-state index contributed by atoms with van der Waals surface area (Å²) < 4.78 is 1.81. The summed E-state index contributed by atoms with van der Waals surface area (Å²) in [7, 11) is 0. The Hall–Kier alpha value is -1.56. The first kappa shape index (κ1) is 20.7. The molecule has 1 aliphatic heterocycles. The molecule has 1 aromatic carbocycles. The van der Waals surface area contributed by atoms with Crippen molar-refractivity contribution in [2.24, 2.45) is 11.1 Å². The van der Waals surface area contributed by atoms with Gasteiger partial charge in [0.1, 0.15) is 0 Å². The molecule has 1 amide bonds. The number of hydrogen-bond donors (Lipinski definition) is 1.